The summed E-state index contributed by atoms with van der Waals surface area (Å²) < 4.78 is 13.4. The van der Waals surface area contributed by atoms with Crippen molar-refractivity contribution < 1.29 is 14.3 Å². The average Bonchev–Trinajstić information content (AvgIpc) is 3.00. The number of halogens is 1. The second kappa shape index (κ2) is 6.59. The number of carbonyl (C=O) groups is 1. The van der Waals surface area contributed by atoms with Crippen molar-refractivity contribution in [3.8, 4) is 5.75 Å². The van der Waals surface area contributed by atoms with Crippen LogP contribution in [0.3, 0.4) is 0 Å². The number of ether oxygens (including phenoxy) is 2. The van der Waals surface area contributed by atoms with Gasteiger partial charge in [0.25, 0.3) is 5.91 Å². The minimum absolute atomic E-state index is 0.0825. The number of amides is 1. The number of aromatic nitrogens is 2. The molecular weight excluding hydrogens is 354 g/mol. The molecular formula is C19H22ClN3O3. The van der Waals surface area contributed by atoms with Gasteiger partial charge in [-0.05, 0) is 30.9 Å². The molecule has 1 aromatic carbocycles. The Balaban J connectivity index is 1.59. The summed E-state index contributed by atoms with van der Waals surface area (Å²) in [6.07, 6.45) is 3.87. The molecule has 0 unspecified atom stereocenters. The smallest absolute Gasteiger partial charge is 0.273 e. The third-order valence-electron chi connectivity index (χ3n) is 5.49. The summed E-state index contributed by atoms with van der Waals surface area (Å²) in [5, 5.41) is 4.45. The molecule has 0 N–H and O–H groups in total. The highest BCUT2D eigenvalue weighted by molar-refractivity contribution is 6.33. The number of fused-ring (bicyclic) bond motifs is 2. The van der Waals surface area contributed by atoms with Crippen LogP contribution >= 0.6 is 11.6 Å². The van der Waals surface area contributed by atoms with Crippen LogP contribution in [0.4, 0.5) is 0 Å². The number of rotatable bonds is 2. The lowest BCUT2D eigenvalue weighted by molar-refractivity contribution is -0.0947. The number of piperidine rings is 1. The van der Waals surface area contributed by atoms with Crippen molar-refractivity contribution in [3.63, 3.8) is 0 Å². The predicted octanol–water partition coefficient (Wildman–Crippen LogP) is 2.79. The molecule has 0 radical (unpaired) electrons. The van der Waals surface area contributed by atoms with Crippen molar-refractivity contribution in [3.05, 3.63) is 46.2 Å². The second-order valence-corrected chi connectivity index (χ2v) is 7.25. The van der Waals surface area contributed by atoms with Crippen molar-refractivity contribution >= 4 is 17.5 Å². The highest BCUT2D eigenvalue weighted by Gasteiger charge is 2.44. The molecule has 2 aromatic rings. The molecule has 4 rings (SSSR count). The van der Waals surface area contributed by atoms with E-state index in [-0.39, 0.29) is 11.5 Å². The average molecular weight is 376 g/mol. The van der Waals surface area contributed by atoms with E-state index >= 15 is 0 Å². The first-order chi connectivity index (χ1) is 12.6. The minimum atomic E-state index is -0.382. The molecule has 1 aromatic heterocycles. The van der Waals surface area contributed by atoms with Gasteiger partial charge >= 0.3 is 0 Å². The largest absolute Gasteiger partial charge is 0.496 e. The number of hydrogen-bond acceptors (Lipinski definition) is 4. The quantitative estimate of drug-likeness (QED) is 0.810. The van der Waals surface area contributed by atoms with Crippen LogP contribution in [0.5, 0.6) is 5.75 Å². The van der Waals surface area contributed by atoms with Crippen LogP contribution in [0, 0.1) is 0 Å². The zero-order valence-corrected chi connectivity index (χ0v) is 15.8. The Morgan fingerprint density at radius 1 is 1.35 bits per heavy atom. The Morgan fingerprint density at radius 2 is 2.12 bits per heavy atom. The molecule has 1 amide bonds. The number of carbonyl (C=O) groups excluding carboxylic acids is 1. The van der Waals surface area contributed by atoms with Gasteiger partial charge in [0.05, 0.1) is 24.9 Å². The zero-order valence-electron chi connectivity index (χ0n) is 15.0. The van der Waals surface area contributed by atoms with Crippen LogP contribution in [-0.4, -0.2) is 47.4 Å². The Morgan fingerprint density at radius 3 is 2.77 bits per heavy atom. The number of likely N-dealkylation sites (tertiary alicyclic amines) is 1. The molecule has 2 aliphatic heterocycles. The molecule has 6 nitrogen and oxygen atoms in total. The highest BCUT2D eigenvalue weighted by atomic mass is 35.5. The Bertz CT molecular complexity index is 807. The summed E-state index contributed by atoms with van der Waals surface area (Å²) in [7, 11) is 3.43. The minimum Gasteiger partial charge on any atom is -0.496 e. The van der Waals surface area contributed by atoms with Crippen LogP contribution in [0.1, 0.15) is 34.5 Å². The van der Waals surface area contributed by atoms with E-state index in [1.54, 1.807) is 14.2 Å². The lowest BCUT2D eigenvalue weighted by Gasteiger charge is -2.45. The van der Waals surface area contributed by atoms with Crippen LogP contribution in [0.15, 0.2) is 24.4 Å². The molecule has 26 heavy (non-hydrogen) atoms. The van der Waals surface area contributed by atoms with Gasteiger partial charge in [0.15, 0.2) is 0 Å². The molecule has 1 fully saturated rings. The van der Waals surface area contributed by atoms with E-state index in [9.17, 15) is 4.79 Å². The number of nitrogens with zero attached hydrogens (tertiary/aromatic N) is 3. The zero-order chi connectivity index (χ0) is 18.3. The van der Waals surface area contributed by atoms with E-state index in [1.807, 2.05) is 17.0 Å². The van der Waals surface area contributed by atoms with E-state index in [4.69, 9.17) is 21.1 Å². The van der Waals surface area contributed by atoms with Crippen molar-refractivity contribution in [1.29, 1.82) is 0 Å². The normalized spacial score (nSPS) is 18.7. The van der Waals surface area contributed by atoms with Gasteiger partial charge < -0.3 is 14.4 Å². The Kier molecular flexibility index (Phi) is 4.40. The van der Waals surface area contributed by atoms with E-state index in [1.165, 1.54) is 16.4 Å². The lowest BCUT2D eigenvalue weighted by atomic mass is 9.78. The SMILES string of the molecule is COc1cccc2c1C1(CCN(C(=O)c3c(Cl)cnn3C)CC1)OCC2. The maximum Gasteiger partial charge on any atom is 0.273 e. The van der Waals surface area contributed by atoms with Gasteiger partial charge in [-0.15, -0.1) is 0 Å². The van der Waals surface area contributed by atoms with Gasteiger partial charge in [0.2, 0.25) is 0 Å². The van der Waals surface area contributed by atoms with E-state index in [0.717, 1.165) is 30.6 Å². The number of aryl methyl sites for hydroxylation is 1. The summed E-state index contributed by atoms with van der Waals surface area (Å²) in [6, 6.07) is 6.16. The summed E-state index contributed by atoms with van der Waals surface area (Å²) in [5.41, 5.74) is 2.49. The summed E-state index contributed by atoms with van der Waals surface area (Å²) >= 11 is 6.14. The van der Waals surface area contributed by atoms with E-state index in [2.05, 4.69) is 11.2 Å². The van der Waals surface area contributed by atoms with Crippen molar-refractivity contribution in [1.82, 2.24) is 14.7 Å². The van der Waals surface area contributed by atoms with Gasteiger partial charge in [-0.3, -0.25) is 9.48 Å². The van der Waals surface area contributed by atoms with Crippen molar-refractivity contribution in [2.24, 2.45) is 7.05 Å². The van der Waals surface area contributed by atoms with E-state index < -0.39 is 0 Å². The standard InChI is InChI=1S/C19H22ClN3O3/c1-22-17(14(20)12-21-22)18(24)23-9-7-19(8-10-23)16-13(6-11-26-19)4-3-5-15(16)25-2/h3-5,12H,6-11H2,1-2H3. The molecule has 7 heteroatoms. The molecule has 138 valence electrons. The first-order valence-corrected chi connectivity index (χ1v) is 9.20. The van der Waals surface area contributed by atoms with Crippen LogP contribution in [0.25, 0.3) is 0 Å². The first kappa shape index (κ1) is 17.4. The maximum atomic E-state index is 12.9. The Hall–Kier alpha value is -2.05. The van der Waals surface area contributed by atoms with Crippen LogP contribution < -0.4 is 4.74 Å². The third kappa shape index (κ3) is 2.68. The molecule has 0 bridgehead atoms. The monoisotopic (exact) mass is 375 g/mol. The third-order valence-corrected chi connectivity index (χ3v) is 5.77. The highest BCUT2D eigenvalue weighted by Crippen LogP contribution is 2.46. The van der Waals surface area contributed by atoms with Gasteiger partial charge in [0, 0.05) is 25.7 Å². The van der Waals surface area contributed by atoms with Crippen molar-refractivity contribution in [2.45, 2.75) is 24.9 Å². The van der Waals surface area contributed by atoms with Gasteiger partial charge in [-0.25, -0.2) is 0 Å². The number of hydrogen-bond donors (Lipinski definition) is 0. The predicted molar refractivity (Wildman–Crippen MR) is 97.7 cm³/mol. The maximum absolute atomic E-state index is 12.9. The fourth-order valence-electron chi connectivity index (χ4n) is 4.17. The summed E-state index contributed by atoms with van der Waals surface area (Å²) in [5.74, 6) is 0.789. The van der Waals surface area contributed by atoms with Crippen LogP contribution in [0.2, 0.25) is 5.02 Å². The number of methoxy groups -OCH3 is 1. The topological polar surface area (TPSA) is 56.6 Å². The molecule has 0 aliphatic carbocycles. The molecule has 0 saturated carbocycles. The fraction of sp³-hybridized carbons (Fsp3) is 0.474. The van der Waals surface area contributed by atoms with Gasteiger partial charge in [0.1, 0.15) is 17.0 Å². The molecule has 1 saturated heterocycles. The number of benzene rings is 1. The van der Waals surface area contributed by atoms with Gasteiger partial charge in [-0.1, -0.05) is 23.7 Å². The van der Waals surface area contributed by atoms with E-state index in [0.29, 0.717) is 30.4 Å². The molecule has 0 atom stereocenters. The molecule has 3 heterocycles. The van der Waals surface area contributed by atoms with Gasteiger partial charge in [-0.2, -0.15) is 5.10 Å². The van der Waals surface area contributed by atoms with Crippen molar-refractivity contribution in [2.75, 3.05) is 26.8 Å². The molecule has 1 spiro atoms. The molecule has 2 aliphatic rings. The Labute approximate surface area is 157 Å². The first-order valence-electron chi connectivity index (χ1n) is 8.83. The van der Waals surface area contributed by atoms with Crippen LogP contribution in [-0.2, 0) is 23.8 Å². The summed E-state index contributed by atoms with van der Waals surface area (Å²) in [4.78, 5) is 14.7. The lowest BCUT2D eigenvalue weighted by Crippen LogP contribution is -2.48. The second-order valence-electron chi connectivity index (χ2n) is 6.84. The fourth-order valence-corrected chi connectivity index (χ4v) is 4.41. The summed E-state index contributed by atoms with van der Waals surface area (Å²) in [6.45, 7) is 1.91.